The van der Waals surface area contributed by atoms with Crippen LogP contribution in [-0.2, 0) is 9.59 Å². The second-order valence-electron chi connectivity index (χ2n) is 5.67. The lowest BCUT2D eigenvalue weighted by Gasteiger charge is -2.23. The van der Waals surface area contributed by atoms with Crippen LogP contribution in [0.4, 0.5) is 11.4 Å². The van der Waals surface area contributed by atoms with Crippen LogP contribution in [0.3, 0.4) is 0 Å². The highest BCUT2D eigenvalue weighted by molar-refractivity contribution is 9.10. The third-order valence-electron chi connectivity index (χ3n) is 3.74. The number of anilines is 2. The van der Waals surface area contributed by atoms with Crippen LogP contribution in [0.25, 0.3) is 0 Å². The quantitative estimate of drug-likeness (QED) is 0.719. The van der Waals surface area contributed by atoms with Gasteiger partial charge < -0.3 is 5.32 Å². The number of halogens is 2. The summed E-state index contributed by atoms with van der Waals surface area (Å²) in [6, 6.07) is 12.9. The lowest BCUT2D eigenvalue weighted by molar-refractivity contribution is -0.118. The first-order chi connectivity index (χ1) is 11.9. The molecule has 2 aromatic carbocycles. The highest BCUT2D eigenvalue weighted by atomic mass is 79.9. The van der Waals surface area contributed by atoms with Crippen molar-refractivity contribution in [2.24, 2.45) is 5.10 Å². The van der Waals surface area contributed by atoms with Crippen LogP contribution in [0.2, 0.25) is 0 Å². The van der Waals surface area contributed by atoms with Gasteiger partial charge in [0.15, 0.2) is 0 Å². The van der Waals surface area contributed by atoms with Crippen molar-refractivity contribution in [3.63, 3.8) is 0 Å². The van der Waals surface area contributed by atoms with Crippen LogP contribution in [0, 0.1) is 6.92 Å². The van der Waals surface area contributed by atoms with E-state index >= 15 is 0 Å². The van der Waals surface area contributed by atoms with Crippen molar-refractivity contribution in [3.05, 3.63) is 57.0 Å². The molecule has 0 saturated carbocycles. The molecule has 0 unspecified atom stereocenters. The molecule has 1 aliphatic rings. The van der Waals surface area contributed by atoms with Crippen molar-refractivity contribution < 1.29 is 9.59 Å². The van der Waals surface area contributed by atoms with Gasteiger partial charge in [-0.2, -0.15) is 5.10 Å². The van der Waals surface area contributed by atoms with Gasteiger partial charge in [0.2, 0.25) is 5.91 Å². The lowest BCUT2D eigenvalue weighted by atomic mass is 10.1. The zero-order valence-corrected chi connectivity index (χ0v) is 16.6. The molecule has 1 heterocycles. The predicted octanol–water partition coefficient (Wildman–Crippen LogP) is 4.64. The number of hydrogen-bond acceptors (Lipinski definition) is 3. The van der Waals surface area contributed by atoms with Gasteiger partial charge in [0.25, 0.3) is 5.91 Å². The fourth-order valence-electron chi connectivity index (χ4n) is 2.42. The predicted molar refractivity (Wildman–Crippen MR) is 106 cm³/mol. The molecule has 3 rings (SSSR count). The Morgan fingerprint density at radius 2 is 1.84 bits per heavy atom. The Morgan fingerprint density at radius 3 is 2.52 bits per heavy atom. The number of amides is 2. The maximum atomic E-state index is 12.5. The number of aryl methyl sites for hydroxylation is 1. The fourth-order valence-corrected chi connectivity index (χ4v) is 3.27. The summed E-state index contributed by atoms with van der Waals surface area (Å²) in [5, 5.41) is 8.39. The minimum absolute atomic E-state index is 0.129. The molecular weight excluding hydrogens is 450 g/mol. The number of hydrogen-bond donors (Lipinski definition) is 1. The Kier molecular flexibility index (Phi) is 5.34. The van der Waals surface area contributed by atoms with Gasteiger partial charge >= 0.3 is 0 Å². The van der Waals surface area contributed by atoms with E-state index in [-0.39, 0.29) is 18.2 Å². The van der Waals surface area contributed by atoms with Gasteiger partial charge in [-0.15, -0.1) is 0 Å². The number of benzene rings is 2. The summed E-state index contributed by atoms with van der Waals surface area (Å²) >= 11 is 6.80. The Balaban J connectivity index is 1.83. The van der Waals surface area contributed by atoms with Gasteiger partial charge in [0.1, 0.15) is 5.71 Å². The molecule has 5 nitrogen and oxygen atoms in total. The molecule has 0 saturated heterocycles. The van der Waals surface area contributed by atoms with Crippen molar-refractivity contribution in [1.29, 1.82) is 0 Å². The van der Waals surface area contributed by atoms with E-state index in [1.165, 1.54) is 5.01 Å². The van der Waals surface area contributed by atoms with Gasteiger partial charge in [0.05, 0.1) is 11.4 Å². The van der Waals surface area contributed by atoms with Crippen LogP contribution >= 0.6 is 31.9 Å². The smallest absolute Gasteiger partial charge is 0.271 e. The highest BCUT2D eigenvalue weighted by Crippen LogP contribution is 2.25. The van der Waals surface area contributed by atoms with Gasteiger partial charge in [0, 0.05) is 21.8 Å². The summed E-state index contributed by atoms with van der Waals surface area (Å²) in [5.41, 5.74) is 2.72. The van der Waals surface area contributed by atoms with E-state index in [4.69, 9.17) is 0 Å². The average Bonchev–Trinajstić information content (AvgIpc) is 2.58. The third-order valence-corrected chi connectivity index (χ3v) is 4.92. The highest BCUT2D eigenvalue weighted by Gasteiger charge is 2.25. The number of nitrogens with zero attached hydrogens (tertiary/aromatic N) is 2. The molecule has 1 aliphatic heterocycles. The van der Waals surface area contributed by atoms with E-state index in [0.717, 1.165) is 14.5 Å². The monoisotopic (exact) mass is 463 g/mol. The Labute approximate surface area is 162 Å². The summed E-state index contributed by atoms with van der Waals surface area (Å²) in [6.07, 6.45) is 0.568. The normalized spacial score (nSPS) is 14.3. The third kappa shape index (κ3) is 4.16. The molecule has 128 valence electrons. The van der Waals surface area contributed by atoms with Gasteiger partial charge in [-0.25, -0.2) is 5.01 Å². The number of carbonyl (C=O) groups excluding carboxylic acids is 2. The Bertz CT molecular complexity index is 863. The molecule has 25 heavy (non-hydrogen) atoms. The second kappa shape index (κ2) is 7.49. The van der Waals surface area contributed by atoms with Crippen LogP contribution in [0.5, 0.6) is 0 Å². The minimum atomic E-state index is -0.306. The molecule has 2 aromatic rings. The van der Waals surface area contributed by atoms with E-state index in [1.54, 1.807) is 12.1 Å². The van der Waals surface area contributed by atoms with Crippen molar-refractivity contribution >= 4 is 60.8 Å². The summed E-state index contributed by atoms with van der Waals surface area (Å²) in [7, 11) is 0. The first kappa shape index (κ1) is 17.8. The molecule has 0 aromatic heterocycles. The molecular formula is C18H15Br2N3O2. The van der Waals surface area contributed by atoms with Crippen LogP contribution in [0.15, 0.2) is 56.5 Å². The topological polar surface area (TPSA) is 61.8 Å². The van der Waals surface area contributed by atoms with Crippen molar-refractivity contribution in [2.45, 2.75) is 19.8 Å². The number of hydrazone groups is 1. The van der Waals surface area contributed by atoms with E-state index in [0.29, 0.717) is 23.5 Å². The van der Waals surface area contributed by atoms with Crippen LogP contribution < -0.4 is 10.3 Å². The molecule has 0 aliphatic carbocycles. The SMILES string of the molecule is Cc1ccc(NC(=O)C2=NN(c3ccc(Br)cc3)C(=O)CC2)c(Br)c1. The van der Waals surface area contributed by atoms with Crippen molar-refractivity contribution in [3.8, 4) is 0 Å². The molecule has 0 atom stereocenters. The van der Waals surface area contributed by atoms with Gasteiger partial charge in [-0.3, -0.25) is 9.59 Å². The number of rotatable bonds is 3. The Morgan fingerprint density at radius 1 is 1.12 bits per heavy atom. The van der Waals surface area contributed by atoms with Gasteiger partial charge in [-0.05, 0) is 64.8 Å². The molecule has 0 bridgehead atoms. The molecule has 7 heteroatoms. The van der Waals surface area contributed by atoms with Crippen LogP contribution in [-0.4, -0.2) is 17.5 Å². The standard InChI is InChI=1S/C18H15Br2N3O2/c1-11-2-7-15(14(20)10-11)21-18(25)16-8-9-17(24)23(22-16)13-5-3-12(19)4-6-13/h2-7,10H,8-9H2,1H3,(H,21,25). The Hall–Kier alpha value is -1.99. The minimum Gasteiger partial charge on any atom is -0.320 e. The molecule has 0 radical (unpaired) electrons. The molecule has 0 fully saturated rings. The maximum absolute atomic E-state index is 12.5. The van der Waals surface area contributed by atoms with Gasteiger partial charge in [-0.1, -0.05) is 22.0 Å². The van der Waals surface area contributed by atoms with Crippen molar-refractivity contribution in [1.82, 2.24) is 0 Å². The fraction of sp³-hybridized carbons (Fsp3) is 0.167. The van der Waals surface area contributed by atoms with E-state index in [2.05, 4.69) is 42.3 Å². The summed E-state index contributed by atoms with van der Waals surface area (Å²) in [6.45, 7) is 1.98. The summed E-state index contributed by atoms with van der Waals surface area (Å²) < 4.78 is 1.71. The molecule has 0 spiro atoms. The molecule has 2 amide bonds. The summed E-state index contributed by atoms with van der Waals surface area (Å²) in [4.78, 5) is 24.7. The largest absolute Gasteiger partial charge is 0.320 e. The first-order valence-corrected chi connectivity index (χ1v) is 9.26. The zero-order chi connectivity index (χ0) is 18.0. The lowest BCUT2D eigenvalue weighted by Crippen LogP contribution is -2.36. The second-order valence-corrected chi connectivity index (χ2v) is 7.44. The van der Waals surface area contributed by atoms with E-state index in [9.17, 15) is 9.59 Å². The summed E-state index contributed by atoms with van der Waals surface area (Å²) in [5.74, 6) is -0.436. The zero-order valence-electron chi connectivity index (χ0n) is 13.4. The van der Waals surface area contributed by atoms with E-state index in [1.807, 2.05) is 37.3 Å². The number of nitrogens with one attached hydrogen (secondary N) is 1. The van der Waals surface area contributed by atoms with Crippen LogP contribution in [0.1, 0.15) is 18.4 Å². The first-order valence-electron chi connectivity index (χ1n) is 7.67. The average molecular weight is 465 g/mol. The maximum Gasteiger partial charge on any atom is 0.271 e. The van der Waals surface area contributed by atoms with Crippen molar-refractivity contribution in [2.75, 3.05) is 10.3 Å². The number of carbonyl (C=O) groups is 2. The molecule has 1 N–H and O–H groups in total. The van der Waals surface area contributed by atoms with E-state index < -0.39 is 0 Å².